The number of hydrogen-bond acceptors (Lipinski definition) is 3. The van der Waals surface area contributed by atoms with Crippen LogP contribution < -0.4 is 4.74 Å². The molecule has 0 unspecified atom stereocenters. The lowest BCUT2D eigenvalue weighted by Crippen LogP contribution is -2.09. The molecule has 0 aliphatic rings. The molecular formula is C13H13ClN2O3. The van der Waals surface area contributed by atoms with Crippen molar-refractivity contribution in [2.45, 2.75) is 20.6 Å². The van der Waals surface area contributed by atoms with Crippen molar-refractivity contribution in [1.82, 2.24) is 9.78 Å². The van der Waals surface area contributed by atoms with Gasteiger partial charge in [0.1, 0.15) is 5.75 Å². The van der Waals surface area contributed by atoms with E-state index in [4.69, 9.17) is 21.4 Å². The Hall–Kier alpha value is -2.01. The van der Waals surface area contributed by atoms with E-state index in [1.807, 2.05) is 13.8 Å². The van der Waals surface area contributed by atoms with Gasteiger partial charge in [-0.25, -0.2) is 9.48 Å². The minimum Gasteiger partial charge on any atom is -0.478 e. The van der Waals surface area contributed by atoms with Gasteiger partial charge in [-0.3, -0.25) is 0 Å². The van der Waals surface area contributed by atoms with Gasteiger partial charge >= 0.3 is 5.97 Å². The topological polar surface area (TPSA) is 64.4 Å². The van der Waals surface area contributed by atoms with Crippen molar-refractivity contribution in [3.63, 3.8) is 0 Å². The molecule has 0 bridgehead atoms. The number of aromatic nitrogens is 2. The number of hydrogen-bond donors (Lipinski definition) is 1. The van der Waals surface area contributed by atoms with Gasteiger partial charge in [-0.05, 0) is 32.0 Å². The maximum atomic E-state index is 10.8. The molecule has 0 spiro atoms. The van der Waals surface area contributed by atoms with Crippen LogP contribution in [0.3, 0.4) is 0 Å². The van der Waals surface area contributed by atoms with E-state index < -0.39 is 5.97 Å². The number of nitrogens with zero attached hydrogens (tertiary/aromatic N) is 2. The zero-order valence-corrected chi connectivity index (χ0v) is 11.3. The molecule has 0 fully saturated rings. The molecule has 2 rings (SSSR count). The molecule has 0 amide bonds. The fraction of sp³-hybridized carbons (Fsp3) is 0.231. The van der Waals surface area contributed by atoms with Crippen LogP contribution in [0.4, 0.5) is 0 Å². The summed E-state index contributed by atoms with van der Waals surface area (Å²) in [6, 6.07) is 6.30. The van der Waals surface area contributed by atoms with E-state index in [1.165, 1.54) is 12.1 Å². The van der Waals surface area contributed by atoms with E-state index in [-0.39, 0.29) is 12.3 Å². The van der Waals surface area contributed by atoms with Gasteiger partial charge in [-0.15, -0.1) is 0 Å². The van der Waals surface area contributed by atoms with Crippen molar-refractivity contribution in [2.75, 3.05) is 0 Å². The number of ether oxygens (including phenoxy) is 1. The van der Waals surface area contributed by atoms with Crippen LogP contribution in [0.1, 0.15) is 21.7 Å². The van der Waals surface area contributed by atoms with Gasteiger partial charge < -0.3 is 9.84 Å². The van der Waals surface area contributed by atoms with Crippen LogP contribution in [0.5, 0.6) is 5.75 Å². The van der Waals surface area contributed by atoms with Crippen molar-refractivity contribution in [2.24, 2.45) is 0 Å². The van der Waals surface area contributed by atoms with Crippen LogP contribution in [0.25, 0.3) is 0 Å². The molecule has 0 saturated carbocycles. The summed E-state index contributed by atoms with van der Waals surface area (Å²) in [5, 5.41) is 13.7. The highest BCUT2D eigenvalue weighted by Gasteiger charge is 2.09. The summed E-state index contributed by atoms with van der Waals surface area (Å²) in [7, 11) is 0. The number of aryl methyl sites for hydroxylation is 1. The molecule has 5 nitrogen and oxygen atoms in total. The average Bonchev–Trinajstić information content (AvgIpc) is 2.64. The molecule has 1 heterocycles. The third kappa shape index (κ3) is 2.88. The number of benzene rings is 1. The first kappa shape index (κ1) is 13.4. The molecule has 0 radical (unpaired) electrons. The largest absolute Gasteiger partial charge is 0.478 e. The molecule has 0 aliphatic heterocycles. The maximum absolute atomic E-state index is 10.8. The van der Waals surface area contributed by atoms with Gasteiger partial charge in [-0.2, -0.15) is 5.10 Å². The smallest absolute Gasteiger partial charge is 0.335 e. The quantitative estimate of drug-likeness (QED) is 0.935. The minimum atomic E-state index is -0.986. The van der Waals surface area contributed by atoms with Crippen LogP contribution in [0.2, 0.25) is 5.02 Å². The van der Waals surface area contributed by atoms with E-state index in [9.17, 15) is 4.79 Å². The Bertz CT molecular complexity index is 622. The lowest BCUT2D eigenvalue weighted by atomic mass is 10.2. The van der Waals surface area contributed by atoms with E-state index >= 15 is 0 Å². The van der Waals surface area contributed by atoms with Crippen LogP contribution in [-0.2, 0) is 6.73 Å². The summed E-state index contributed by atoms with van der Waals surface area (Å²) in [6.07, 6.45) is 0. The summed E-state index contributed by atoms with van der Waals surface area (Å²) in [4.78, 5) is 10.8. The number of rotatable bonds is 4. The van der Waals surface area contributed by atoms with Crippen LogP contribution >= 0.6 is 11.6 Å². The number of carboxylic acid groups (broad SMARTS) is 1. The standard InChI is InChI=1S/C13H13ClN2O3/c1-8-12(14)9(2)16(15-8)7-19-11-5-3-4-10(6-11)13(17)18/h3-6H,7H2,1-2H3,(H,17,18). The second kappa shape index (κ2) is 5.32. The fourth-order valence-electron chi connectivity index (χ4n) is 1.66. The van der Waals surface area contributed by atoms with Gasteiger partial charge in [0.2, 0.25) is 0 Å². The highest BCUT2D eigenvalue weighted by Crippen LogP contribution is 2.20. The molecule has 0 aliphatic carbocycles. The van der Waals surface area contributed by atoms with Gasteiger partial charge in [0.25, 0.3) is 0 Å². The average molecular weight is 281 g/mol. The van der Waals surface area contributed by atoms with E-state index in [2.05, 4.69) is 5.10 Å². The summed E-state index contributed by atoms with van der Waals surface area (Å²) in [5.41, 5.74) is 1.74. The predicted molar refractivity (Wildman–Crippen MR) is 70.7 cm³/mol. The lowest BCUT2D eigenvalue weighted by Gasteiger charge is -2.08. The second-order valence-corrected chi connectivity index (χ2v) is 4.47. The van der Waals surface area contributed by atoms with Crippen molar-refractivity contribution >= 4 is 17.6 Å². The predicted octanol–water partition coefficient (Wildman–Crippen LogP) is 2.89. The first-order valence-corrected chi connectivity index (χ1v) is 6.02. The summed E-state index contributed by atoms with van der Waals surface area (Å²) in [6.45, 7) is 3.85. The number of aromatic carboxylic acids is 1. The normalized spacial score (nSPS) is 10.5. The van der Waals surface area contributed by atoms with E-state index in [1.54, 1.807) is 16.8 Å². The third-order valence-corrected chi connectivity index (χ3v) is 3.27. The SMILES string of the molecule is Cc1nn(COc2cccc(C(=O)O)c2)c(C)c1Cl. The molecule has 2 aromatic rings. The van der Waals surface area contributed by atoms with E-state index in [0.717, 1.165) is 11.4 Å². The highest BCUT2D eigenvalue weighted by molar-refractivity contribution is 6.31. The van der Waals surface area contributed by atoms with Crippen molar-refractivity contribution < 1.29 is 14.6 Å². The van der Waals surface area contributed by atoms with Gasteiger partial charge in [0, 0.05) is 0 Å². The molecule has 19 heavy (non-hydrogen) atoms. The first-order chi connectivity index (χ1) is 8.99. The molecule has 1 aromatic heterocycles. The third-order valence-electron chi connectivity index (χ3n) is 2.73. The molecule has 1 aromatic carbocycles. The minimum absolute atomic E-state index is 0.183. The Morgan fingerprint density at radius 3 is 2.79 bits per heavy atom. The molecule has 1 N–H and O–H groups in total. The summed E-state index contributed by atoms with van der Waals surface area (Å²) < 4.78 is 7.14. The number of carbonyl (C=O) groups is 1. The fourth-order valence-corrected chi connectivity index (χ4v) is 1.79. The van der Waals surface area contributed by atoms with Gasteiger partial charge in [0.15, 0.2) is 6.73 Å². The van der Waals surface area contributed by atoms with E-state index in [0.29, 0.717) is 10.8 Å². The van der Waals surface area contributed by atoms with Crippen LogP contribution in [0.15, 0.2) is 24.3 Å². The van der Waals surface area contributed by atoms with Crippen molar-refractivity contribution in [3.8, 4) is 5.75 Å². The van der Waals surface area contributed by atoms with Crippen molar-refractivity contribution in [3.05, 3.63) is 46.2 Å². The number of carboxylic acids is 1. The summed E-state index contributed by atoms with van der Waals surface area (Å²) >= 11 is 6.03. The zero-order chi connectivity index (χ0) is 14.0. The number of halogens is 1. The lowest BCUT2D eigenvalue weighted by molar-refractivity contribution is 0.0696. The zero-order valence-electron chi connectivity index (χ0n) is 10.6. The Morgan fingerprint density at radius 1 is 1.47 bits per heavy atom. The van der Waals surface area contributed by atoms with Crippen molar-refractivity contribution in [1.29, 1.82) is 0 Å². The molecule has 100 valence electrons. The second-order valence-electron chi connectivity index (χ2n) is 4.09. The van der Waals surface area contributed by atoms with Gasteiger partial charge in [0.05, 0.1) is 22.0 Å². The molecule has 0 atom stereocenters. The Balaban J connectivity index is 2.12. The Labute approximate surface area is 115 Å². The Morgan fingerprint density at radius 2 is 2.21 bits per heavy atom. The monoisotopic (exact) mass is 280 g/mol. The summed E-state index contributed by atoms with van der Waals surface area (Å²) in [5.74, 6) is -0.511. The maximum Gasteiger partial charge on any atom is 0.335 e. The van der Waals surface area contributed by atoms with Crippen LogP contribution in [0, 0.1) is 13.8 Å². The van der Waals surface area contributed by atoms with Gasteiger partial charge in [-0.1, -0.05) is 17.7 Å². The molecule has 0 saturated heterocycles. The first-order valence-electron chi connectivity index (χ1n) is 5.64. The Kier molecular flexibility index (Phi) is 3.76. The highest BCUT2D eigenvalue weighted by atomic mass is 35.5. The molecule has 6 heteroatoms. The van der Waals surface area contributed by atoms with Crippen LogP contribution in [-0.4, -0.2) is 20.9 Å². The molecular weight excluding hydrogens is 268 g/mol.